The Balaban J connectivity index is 1.88. The van der Waals surface area contributed by atoms with Gasteiger partial charge in [0, 0.05) is 30.9 Å². The Morgan fingerprint density at radius 1 is 1.43 bits per heavy atom. The lowest BCUT2D eigenvalue weighted by Gasteiger charge is -2.48. The third kappa shape index (κ3) is 2.62. The SMILES string of the molecule is Cc1cc(N2CCC3(O)CCCCC3C2)c(C(=O)O)cn1. The average molecular weight is 290 g/mol. The standard InChI is InChI=1S/C16H22N2O3/c1-11-8-14(13(9-17-11)15(19)20)18-7-6-16(21)5-3-2-4-12(16)10-18/h8-9,12,21H,2-7,10H2,1H3,(H,19,20). The molecule has 1 saturated heterocycles. The summed E-state index contributed by atoms with van der Waals surface area (Å²) in [5.41, 5.74) is 1.27. The Hall–Kier alpha value is -1.62. The number of carbonyl (C=O) groups is 1. The lowest BCUT2D eigenvalue weighted by Crippen LogP contribution is -2.53. The molecule has 1 aliphatic carbocycles. The number of rotatable bonds is 2. The number of aromatic nitrogens is 1. The number of carboxylic acids is 1. The summed E-state index contributed by atoms with van der Waals surface area (Å²) in [4.78, 5) is 17.6. The molecular weight excluding hydrogens is 268 g/mol. The molecule has 0 bridgehead atoms. The maximum absolute atomic E-state index is 11.4. The van der Waals surface area contributed by atoms with Crippen LogP contribution in [0.1, 0.15) is 48.2 Å². The fourth-order valence-electron chi connectivity index (χ4n) is 3.76. The van der Waals surface area contributed by atoms with Crippen LogP contribution in [0.25, 0.3) is 0 Å². The number of anilines is 1. The van der Waals surface area contributed by atoms with Crippen LogP contribution in [-0.4, -0.2) is 39.9 Å². The molecule has 3 rings (SSSR count). The highest BCUT2D eigenvalue weighted by atomic mass is 16.4. The van der Waals surface area contributed by atoms with Crippen LogP contribution in [0.3, 0.4) is 0 Å². The second-order valence-corrected chi connectivity index (χ2v) is 6.39. The van der Waals surface area contributed by atoms with E-state index >= 15 is 0 Å². The first-order valence-electron chi connectivity index (χ1n) is 7.67. The molecule has 5 heteroatoms. The number of aliphatic hydroxyl groups is 1. The highest BCUT2D eigenvalue weighted by Crippen LogP contribution is 2.41. The van der Waals surface area contributed by atoms with Crippen LogP contribution in [0.4, 0.5) is 5.69 Å². The topological polar surface area (TPSA) is 73.7 Å². The molecule has 1 aliphatic heterocycles. The van der Waals surface area contributed by atoms with Crippen LogP contribution in [0.5, 0.6) is 0 Å². The molecule has 21 heavy (non-hydrogen) atoms. The van der Waals surface area contributed by atoms with E-state index in [0.717, 1.165) is 50.0 Å². The third-order valence-electron chi connectivity index (χ3n) is 5.02. The Labute approximate surface area is 124 Å². The van der Waals surface area contributed by atoms with Crippen molar-refractivity contribution >= 4 is 11.7 Å². The van der Waals surface area contributed by atoms with Crippen molar-refractivity contribution in [2.24, 2.45) is 5.92 Å². The normalized spacial score (nSPS) is 29.0. The van der Waals surface area contributed by atoms with E-state index in [4.69, 9.17) is 0 Å². The number of piperidine rings is 1. The molecule has 2 unspecified atom stereocenters. The third-order valence-corrected chi connectivity index (χ3v) is 5.02. The monoisotopic (exact) mass is 290 g/mol. The Bertz CT molecular complexity index is 560. The van der Waals surface area contributed by atoms with Crippen molar-refractivity contribution in [2.45, 2.75) is 44.6 Å². The summed E-state index contributed by atoms with van der Waals surface area (Å²) < 4.78 is 0. The van der Waals surface area contributed by atoms with Crippen LogP contribution in [-0.2, 0) is 0 Å². The lowest BCUT2D eigenvalue weighted by atomic mass is 9.71. The van der Waals surface area contributed by atoms with E-state index in [0.29, 0.717) is 6.54 Å². The summed E-state index contributed by atoms with van der Waals surface area (Å²) in [7, 11) is 0. The molecule has 2 heterocycles. The van der Waals surface area contributed by atoms with E-state index in [1.807, 2.05) is 13.0 Å². The highest BCUT2D eigenvalue weighted by Gasteiger charge is 2.43. The largest absolute Gasteiger partial charge is 0.478 e. The maximum atomic E-state index is 11.4. The second kappa shape index (κ2) is 5.30. The minimum Gasteiger partial charge on any atom is -0.478 e. The number of hydrogen-bond acceptors (Lipinski definition) is 4. The first-order valence-corrected chi connectivity index (χ1v) is 7.67. The molecule has 1 aromatic heterocycles. The van der Waals surface area contributed by atoms with Gasteiger partial charge in [0.2, 0.25) is 0 Å². The Kier molecular flexibility index (Phi) is 3.61. The van der Waals surface area contributed by atoms with Crippen molar-refractivity contribution < 1.29 is 15.0 Å². The zero-order chi connectivity index (χ0) is 15.0. The average Bonchev–Trinajstić information content (AvgIpc) is 2.45. The zero-order valence-electron chi connectivity index (χ0n) is 12.4. The number of aromatic carboxylic acids is 1. The zero-order valence-corrected chi connectivity index (χ0v) is 12.4. The van der Waals surface area contributed by atoms with Gasteiger partial charge in [0.25, 0.3) is 0 Å². The fraction of sp³-hybridized carbons (Fsp3) is 0.625. The molecule has 5 nitrogen and oxygen atoms in total. The van der Waals surface area contributed by atoms with Gasteiger partial charge in [-0.15, -0.1) is 0 Å². The van der Waals surface area contributed by atoms with Crippen LogP contribution in [0.2, 0.25) is 0 Å². The van der Waals surface area contributed by atoms with Crippen molar-refractivity contribution in [3.05, 3.63) is 23.5 Å². The van der Waals surface area contributed by atoms with E-state index in [-0.39, 0.29) is 11.5 Å². The molecule has 114 valence electrons. The van der Waals surface area contributed by atoms with Crippen molar-refractivity contribution in [1.82, 2.24) is 4.98 Å². The van der Waals surface area contributed by atoms with Crippen molar-refractivity contribution in [3.63, 3.8) is 0 Å². The van der Waals surface area contributed by atoms with Gasteiger partial charge in [0.15, 0.2) is 0 Å². The van der Waals surface area contributed by atoms with Gasteiger partial charge in [-0.25, -0.2) is 4.79 Å². The van der Waals surface area contributed by atoms with Crippen molar-refractivity contribution in [2.75, 3.05) is 18.0 Å². The number of pyridine rings is 1. The number of aryl methyl sites for hydroxylation is 1. The van der Waals surface area contributed by atoms with E-state index in [1.165, 1.54) is 6.20 Å². The summed E-state index contributed by atoms with van der Waals surface area (Å²) in [6.45, 7) is 3.31. The van der Waals surface area contributed by atoms with Gasteiger partial charge < -0.3 is 15.1 Å². The van der Waals surface area contributed by atoms with Crippen LogP contribution in [0.15, 0.2) is 12.3 Å². The molecular formula is C16H22N2O3. The smallest absolute Gasteiger partial charge is 0.339 e. The molecule has 0 aromatic carbocycles. The first-order chi connectivity index (χ1) is 9.99. The molecule has 2 aliphatic rings. The molecule has 2 fully saturated rings. The van der Waals surface area contributed by atoms with Crippen LogP contribution >= 0.6 is 0 Å². The Morgan fingerprint density at radius 3 is 3.00 bits per heavy atom. The van der Waals surface area contributed by atoms with Gasteiger partial charge in [-0.3, -0.25) is 4.98 Å². The van der Waals surface area contributed by atoms with E-state index in [2.05, 4.69) is 9.88 Å². The van der Waals surface area contributed by atoms with Gasteiger partial charge in [-0.2, -0.15) is 0 Å². The summed E-state index contributed by atoms with van der Waals surface area (Å²) in [5.74, 6) is -0.697. The molecule has 2 atom stereocenters. The van der Waals surface area contributed by atoms with E-state index in [9.17, 15) is 15.0 Å². The van der Waals surface area contributed by atoms with Crippen LogP contribution in [0, 0.1) is 12.8 Å². The predicted octanol–water partition coefficient (Wildman–Crippen LogP) is 2.22. The van der Waals surface area contributed by atoms with Crippen molar-refractivity contribution in [1.29, 1.82) is 0 Å². The summed E-state index contributed by atoms with van der Waals surface area (Å²) in [6.07, 6.45) is 6.32. The summed E-state index contributed by atoms with van der Waals surface area (Å²) in [5, 5.41) is 20.1. The fourth-order valence-corrected chi connectivity index (χ4v) is 3.76. The molecule has 0 radical (unpaired) electrons. The van der Waals surface area contributed by atoms with E-state index in [1.54, 1.807) is 0 Å². The summed E-state index contributed by atoms with van der Waals surface area (Å²) in [6, 6.07) is 1.84. The quantitative estimate of drug-likeness (QED) is 0.873. The first kappa shape index (κ1) is 14.3. The number of carboxylic acid groups (broad SMARTS) is 1. The second-order valence-electron chi connectivity index (χ2n) is 6.39. The number of nitrogens with zero attached hydrogens (tertiary/aromatic N) is 2. The van der Waals surface area contributed by atoms with Gasteiger partial charge in [-0.05, 0) is 32.3 Å². The lowest BCUT2D eigenvalue weighted by molar-refractivity contribution is -0.0612. The highest BCUT2D eigenvalue weighted by molar-refractivity contribution is 5.94. The number of hydrogen-bond donors (Lipinski definition) is 2. The molecule has 1 saturated carbocycles. The Morgan fingerprint density at radius 2 is 2.24 bits per heavy atom. The molecule has 0 spiro atoms. The van der Waals surface area contributed by atoms with Gasteiger partial charge in [0.1, 0.15) is 5.56 Å². The molecule has 2 N–H and O–H groups in total. The van der Waals surface area contributed by atoms with Crippen molar-refractivity contribution in [3.8, 4) is 0 Å². The minimum absolute atomic E-state index is 0.245. The molecule has 0 amide bonds. The predicted molar refractivity (Wildman–Crippen MR) is 79.7 cm³/mol. The van der Waals surface area contributed by atoms with Gasteiger partial charge >= 0.3 is 5.97 Å². The summed E-state index contributed by atoms with van der Waals surface area (Å²) >= 11 is 0. The maximum Gasteiger partial charge on any atom is 0.339 e. The van der Waals surface area contributed by atoms with Gasteiger partial charge in [-0.1, -0.05) is 12.8 Å². The molecule has 1 aromatic rings. The minimum atomic E-state index is -0.943. The van der Waals surface area contributed by atoms with Crippen LogP contribution < -0.4 is 4.90 Å². The van der Waals surface area contributed by atoms with E-state index < -0.39 is 11.6 Å². The number of fused-ring (bicyclic) bond motifs is 1. The van der Waals surface area contributed by atoms with Gasteiger partial charge in [0.05, 0.1) is 11.3 Å².